The van der Waals surface area contributed by atoms with E-state index in [0.717, 1.165) is 43.3 Å². The van der Waals surface area contributed by atoms with Gasteiger partial charge >= 0.3 is 0 Å². The summed E-state index contributed by atoms with van der Waals surface area (Å²) in [5.41, 5.74) is 2.34. The highest BCUT2D eigenvalue weighted by Gasteiger charge is 2.26. The van der Waals surface area contributed by atoms with Gasteiger partial charge in [0.15, 0.2) is 0 Å². The third-order valence-electron chi connectivity index (χ3n) is 5.18. The molecule has 1 aliphatic rings. The second kappa shape index (κ2) is 9.36. The van der Waals surface area contributed by atoms with Gasteiger partial charge in [-0.05, 0) is 31.0 Å². The number of halogens is 1. The van der Waals surface area contributed by atoms with E-state index in [0.29, 0.717) is 0 Å². The lowest BCUT2D eigenvalue weighted by atomic mass is 10.1. The largest absolute Gasteiger partial charge is 0.339 e. The summed E-state index contributed by atoms with van der Waals surface area (Å²) < 4.78 is 0. The highest BCUT2D eigenvalue weighted by Crippen LogP contribution is 2.22. The maximum absolute atomic E-state index is 12.8. The molecule has 1 amide bonds. The third kappa shape index (κ3) is 5.32. The molecule has 144 valence electrons. The van der Waals surface area contributed by atoms with Gasteiger partial charge in [-0.3, -0.25) is 15.0 Å². The van der Waals surface area contributed by atoms with Gasteiger partial charge in [0.25, 0.3) is 0 Å². The first-order valence-corrected chi connectivity index (χ1v) is 9.98. The Morgan fingerprint density at radius 2 is 1.63 bits per heavy atom. The van der Waals surface area contributed by atoms with Crippen molar-refractivity contribution in [2.24, 2.45) is 0 Å². The molecule has 0 radical (unpaired) electrons. The summed E-state index contributed by atoms with van der Waals surface area (Å²) in [4.78, 5) is 17.2. The van der Waals surface area contributed by atoms with Crippen LogP contribution in [0.4, 0.5) is 0 Å². The number of piperazine rings is 1. The normalized spacial score (nSPS) is 17.5. The van der Waals surface area contributed by atoms with Crippen molar-refractivity contribution < 1.29 is 4.79 Å². The molecular weight excluding hydrogens is 358 g/mol. The third-order valence-corrected chi connectivity index (χ3v) is 5.52. The molecule has 1 fully saturated rings. The first-order valence-electron chi connectivity index (χ1n) is 9.60. The molecular formula is C22H28ClN3O. The topological polar surface area (TPSA) is 35.6 Å². The Kier molecular flexibility index (Phi) is 6.89. The number of hydrogen-bond donors (Lipinski definition) is 1. The van der Waals surface area contributed by atoms with E-state index in [1.807, 2.05) is 49.1 Å². The van der Waals surface area contributed by atoms with Crippen LogP contribution in [0.1, 0.15) is 31.0 Å². The fraction of sp³-hybridized carbons (Fsp3) is 0.409. The molecule has 0 bridgehead atoms. The molecule has 3 rings (SSSR count). The van der Waals surface area contributed by atoms with Gasteiger partial charge in [-0.15, -0.1) is 0 Å². The zero-order chi connectivity index (χ0) is 19.2. The number of hydrogen-bond acceptors (Lipinski definition) is 3. The monoisotopic (exact) mass is 385 g/mol. The molecule has 5 heteroatoms. The minimum absolute atomic E-state index is 0.0250. The van der Waals surface area contributed by atoms with Crippen molar-refractivity contribution in [2.45, 2.75) is 32.5 Å². The molecule has 1 saturated heterocycles. The first kappa shape index (κ1) is 19.9. The Labute approximate surface area is 167 Å². The highest BCUT2D eigenvalue weighted by molar-refractivity contribution is 6.31. The second-order valence-corrected chi connectivity index (χ2v) is 7.63. The maximum atomic E-state index is 12.8. The van der Waals surface area contributed by atoms with E-state index in [9.17, 15) is 4.79 Å². The molecule has 1 aliphatic heterocycles. The summed E-state index contributed by atoms with van der Waals surface area (Å²) in [6, 6.07) is 18.0. The van der Waals surface area contributed by atoms with E-state index in [1.165, 1.54) is 5.56 Å². The lowest BCUT2D eigenvalue weighted by Gasteiger charge is -2.36. The number of carbonyl (C=O) groups is 1. The van der Waals surface area contributed by atoms with Gasteiger partial charge in [0.2, 0.25) is 5.91 Å². The molecule has 0 aliphatic carbocycles. The number of benzene rings is 2. The molecule has 1 N–H and O–H groups in total. The van der Waals surface area contributed by atoms with Crippen LogP contribution in [0.25, 0.3) is 0 Å². The van der Waals surface area contributed by atoms with Crippen molar-refractivity contribution in [3.05, 3.63) is 70.7 Å². The average Bonchev–Trinajstić information content (AvgIpc) is 2.69. The zero-order valence-corrected chi connectivity index (χ0v) is 16.8. The Hall–Kier alpha value is -1.88. The highest BCUT2D eigenvalue weighted by atomic mass is 35.5. The van der Waals surface area contributed by atoms with Crippen molar-refractivity contribution in [1.29, 1.82) is 0 Å². The Balaban J connectivity index is 1.49. The number of nitrogens with zero attached hydrogens (tertiary/aromatic N) is 2. The van der Waals surface area contributed by atoms with E-state index >= 15 is 0 Å². The molecule has 0 aromatic heterocycles. The van der Waals surface area contributed by atoms with Crippen molar-refractivity contribution in [3.8, 4) is 0 Å². The second-order valence-electron chi connectivity index (χ2n) is 7.22. The molecule has 27 heavy (non-hydrogen) atoms. The predicted octanol–water partition coefficient (Wildman–Crippen LogP) is 3.72. The summed E-state index contributed by atoms with van der Waals surface area (Å²) in [6.07, 6.45) is 0. The maximum Gasteiger partial charge on any atom is 0.239 e. The van der Waals surface area contributed by atoms with Crippen molar-refractivity contribution >= 4 is 17.5 Å². The van der Waals surface area contributed by atoms with Crippen LogP contribution in [0.3, 0.4) is 0 Å². The van der Waals surface area contributed by atoms with Gasteiger partial charge in [0.1, 0.15) is 0 Å². The van der Waals surface area contributed by atoms with Gasteiger partial charge < -0.3 is 4.90 Å². The molecule has 0 saturated carbocycles. The van der Waals surface area contributed by atoms with E-state index < -0.39 is 0 Å². The SMILES string of the molecule is CC(NC(C)c1ccccc1Cl)C(=O)N1CCN(Cc2ccccc2)CC1. The van der Waals surface area contributed by atoms with Crippen LogP contribution < -0.4 is 5.32 Å². The van der Waals surface area contributed by atoms with Gasteiger partial charge in [0.05, 0.1) is 6.04 Å². The number of carbonyl (C=O) groups excluding carboxylic acids is 1. The summed E-state index contributed by atoms with van der Waals surface area (Å²) in [5, 5.41) is 4.12. The van der Waals surface area contributed by atoms with Crippen molar-refractivity contribution in [2.75, 3.05) is 26.2 Å². The van der Waals surface area contributed by atoms with Crippen LogP contribution in [-0.4, -0.2) is 47.9 Å². The first-order chi connectivity index (χ1) is 13.0. The van der Waals surface area contributed by atoms with Crippen LogP contribution in [0.5, 0.6) is 0 Å². The number of amides is 1. The fourth-order valence-electron chi connectivity index (χ4n) is 3.60. The molecule has 4 nitrogen and oxygen atoms in total. The molecule has 2 aromatic carbocycles. The summed E-state index contributed by atoms with van der Waals surface area (Å²) in [7, 11) is 0. The van der Waals surface area contributed by atoms with E-state index in [4.69, 9.17) is 11.6 Å². The molecule has 0 spiro atoms. The lowest BCUT2D eigenvalue weighted by molar-refractivity contribution is -0.135. The number of nitrogens with one attached hydrogen (secondary N) is 1. The quantitative estimate of drug-likeness (QED) is 0.823. The van der Waals surface area contributed by atoms with Crippen LogP contribution in [0, 0.1) is 0 Å². The molecule has 1 heterocycles. The average molecular weight is 386 g/mol. The fourth-order valence-corrected chi connectivity index (χ4v) is 3.90. The minimum atomic E-state index is -0.239. The minimum Gasteiger partial charge on any atom is -0.339 e. The van der Waals surface area contributed by atoms with Crippen LogP contribution >= 0.6 is 11.6 Å². The smallest absolute Gasteiger partial charge is 0.239 e. The van der Waals surface area contributed by atoms with Gasteiger partial charge in [-0.2, -0.15) is 0 Å². The van der Waals surface area contributed by atoms with Gasteiger partial charge in [-0.25, -0.2) is 0 Å². The van der Waals surface area contributed by atoms with E-state index in [2.05, 4.69) is 34.5 Å². The van der Waals surface area contributed by atoms with Gasteiger partial charge in [-0.1, -0.05) is 60.1 Å². The summed E-state index contributed by atoms with van der Waals surface area (Å²) >= 11 is 6.27. The Bertz CT molecular complexity index is 744. The van der Waals surface area contributed by atoms with Crippen LogP contribution in [0.15, 0.2) is 54.6 Å². The molecule has 2 aromatic rings. The zero-order valence-electron chi connectivity index (χ0n) is 16.1. The number of rotatable bonds is 6. The van der Waals surface area contributed by atoms with Crippen LogP contribution in [-0.2, 0) is 11.3 Å². The molecule has 2 atom stereocenters. The van der Waals surface area contributed by atoms with Gasteiger partial charge in [0, 0.05) is 43.8 Å². The summed E-state index contributed by atoms with van der Waals surface area (Å²) in [5.74, 6) is 0.160. The van der Waals surface area contributed by atoms with Crippen LogP contribution in [0.2, 0.25) is 5.02 Å². The Morgan fingerprint density at radius 3 is 2.30 bits per heavy atom. The predicted molar refractivity (Wildman–Crippen MR) is 111 cm³/mol. The lowest BCUT2D eigenvalue weighted by Crippen LogP contribution is -2.53. The summed E-state index contributed by atoms with van der Waals surface area (Å²) in [6.45, 7) is 8.30. The van der Waals surface area contributed by atoms with E-state index in [-0.39, 0.29) is 18.0 Å². The standard InChI is InChI=1S/C22H28ClN3O/c1-17(20-10-6-7-11-21(20)23)24-18(2)22(27)26-14-12-25(13-15-26)16-19-8-4-3-5-9-19/h3-11,17-18,24H,12-16H2,1-2H3. The molecule has 2 unspecified atom stereocenters. The Morgan fingerprint density at radius 1 is 1.00 bits per heavy atom. The van der Waals surface area contributed by atoms with Crippen molar-refractivity contribution in [1.82, 2.24) is 15.1 Å². The van der Waals surface area contributed by atoms with E-state index in [1.54, 1.807) is 0 Å². The van der Waals surface area contributed by atoms with Crippen molar-refractivity contribution in [3.63, 3.8) is 0 Å².